The monoisotopic (exact) mass is 486 g/mol. The average molecular weight is 487 g/mol. The van der Waals surface area contributed by atoms with Gasteiger partial charge in [-0.25, -0.2) is 4.98 Å². The lowest BCUT2D eigenvalue weighted by Crippen LogP contribution is -2.46. The lowest BCUT2D eigenvalue weighted by Gasteiger charge is -2.35. The molecule has 4 heterocycles. The first-order valence-electron chi connectivity index (χ1n) is 13.0. The Hall–Kier alpha value is -3.36. The molecule has 0 spiro atoms. The molecular weight excluding hydrogens is 452 g/mol. The predicted molar refractivity (Wildman–Crippen MR) is 140 cm³/mol. The third kappa shape index (κ3) is 5.55. The van der Waals surface area contributed by atoms with Crippen molar-refractivity contribution in [2.75, 3.05) is 56.3 Å². The summed E-state index contributed by atoms with van der Waals surface area (Å²) in [7, 11) is 0. The number of anilines is 2. The largest absolute Gasteiger partial charge is 0.454 e. The number of nitrogens with one attached hydrogen (secondary N) is 1. The molecular formula is C28H34N6O2. The van der Waals surface area contributed by atoms with Gasteiger partial charge in [0.25, 0.3) is 0 Å². The summed E-state index contributed by atoms with van der Waals surface area (Å²) in [4.78, 5) is 16.8. The smallest absolute Gasteiger partial charge is 0.231 e. The third-order valence-corrected chi connectivity index (χ3v) is 7.33. The highest BCUT2D eigenvalue weighted by Gasteiger charge is 2.22. The van der Waals surface area contributed by atoms with E-state index in [4.69, 9.17) is 14.5 Å². The van der Waals surface area contributed by atoms with Crippen molar-refractivity contribution in [2.24, 2.45) is 0 Å². The van der Waals surface area contributed by atoms with Gasteiger partial charge in [-0.3, -0.25) is 9.80 Å². The first kappa shape index (κ1) is 23.1. The van der Waals surface area contributed by atoms with Crippen LogP contribution >= 0.6 is 0 Å². The number of nitrogens with zero attached hydrogens (tertiary/aromatic N) is 5. The first-order chi connectivity index (χ1) is 17.8. The molecule has 0 bridgehead atoms. The second-order valence-corrected chi connectivity index (χ2v) is 9.87. The van der Waals surface area contributed by atoms with E-state index in [9.17, 15) is 0 Å². The zero-order chi connectivity index (χ0) is 24.2. The molecule has 1 aromatic heterocycles. The Labute approximate surface area is 212 Å². The van der Waals surface area contributed by atoms with E-state index in [0.717, 1.165) is 88.5 Å². The highest BCUT2D eigenvalue weighted by Crippen LogP contribution is 2.33. The number of hydrogen-bond donors (Lipinski definition) is 1. The third-order valence-electron chi connectivity index (χ3n) is 7.33. The molecule has 36 heavy (non-hydrogen) atoms. The molecule has 8 nitrogen and oxygen atoms in total. The van der Waals surface area contributed by atoms with E-state index in [1.165, 1.54) is 11.1 Å². The van der Waals surface area contributed by atoms with Crippen molar-refractivity contribution in [3.63, 3.8) is 0 Å². The van der Waals surface area contributed by atoms with E-state index in [1.54, 1.807) is 0 Å². The van der Waals surface area contributed by atoms with Crippen LogP contribution < -0.4 is 19.7 Å². The molecule has 1 N–H and O–H groups in total. The molecule has 3 aliphatic heterocycles. The number of benzene rings is 2. The molecule has 0 atom stereocenters. The number of piperazine rings is 1. The minimum atomic E-state index is 0.318. The molecule has 2 saturated heterocycles. The quantitative estimate of drug-likeness (QED) is 0.544. The fourth-order valence-electron chi connectivity index (χ4n) is 5.27. The number of piperidine rings is 1. The molecule has 3 aromatic rings. The van der Waals surface area contributed by atoms with Crippen LogP contribution in [0.15, 0.2) is 60.8 Å². The fourth-order valence-corrected chi connectivity index (χ4v) is 5.27. The van der Waals surface area contributed by atoms with Crippen LogP contribution in [0.1, 0.15) is 24.0 Å². The van der Waals surface area contributed by atoms with Crippen molar-refractivity contribution >= 4 is 11.8 Å². The Kier molecular flexibility index (Phi) is 6.87. The number of rotatable bonds is 7. The van der Waals surface area contributed by atoms with Gasteiger partial charge in [-0.15, -0.1) is 0 Å². The maximum atomic E-state index is 5.52. The SMILES string of the molecule is c1ccc(CN2CCC(Nc3ccnc(N4CCN(Cc5ccc6c(c5)OCO6)CC4)n3)CC2)cc1. The van der Waals surface area contributed by atoms with Crippen LogP contribution in [0, 0.1) is 0 Å². The van der Waals surface area contributed by atoms with E-state index in [2.05, 4.69) is 67.5 Å². The highest BCUT2D eigenvalue weighted by atomic mass is 16.7. The van der Waals surface area contributed by atoms with E-state index in [-0.39, 0.29) is 0 Å². The van der Waals surface area contributed by atoms with Gasteiger partial charge in [0.15, 0.2) is 11.5 Å². The number of ether oxygens (including phenoxy) is 2. The molecule has 8 heteroatoms. The normalized spacial score (nSPS) is 18.9. The summed E-state index contributed by atoms with van der Waals surface area (Å²) in [6, 6.07) is 19.4. The van der Waals surface area contributed by atoms with Gasteiger partial charge in [0, 0.05) is 64.6 Å². The van der Waals surface area contributed by atoms with Crippen molar-refractivity contribution < 1.29 is 9.47 Å². The van der Waals surface area contributed by atoms with E-state index < -0.39 is 0 Å². The number of hydrogen-bond acceptors (Lipinski definition) is 8. The van der Waals surface area contributed by atoms with Crippen LogP contribution in [0.5, 0.6) is 11.5 Å². The summed E-state index contributed by atoms with van der Waals surface area (Å²) >= 11 is 0. The molecule has 188 valence electrons. The second-order valence-electron chi connectivity index (χ2n) is 9.87. The molecule has 0 radical (unpaired) electrons. The van der Waals surface area contributed by atoms with Crippen molar-refractivity contribution in [1.29, 1.82) is 0 Å². The van der Waals surface area contributed by atoms with Crippen molar-refractivity contribution in [3.8, 4) is 11.5 Å². The van der Waals surface area contributed by atoms with Gasteiger partial charge in [0.1, 0.15) is 5.82 Å². The Balaban J connectivity index is 0.977. The van der Waals surface area contributed by atoms with Crippen molar-refractivity contribution in [1.82, 2.24) is 19.8 Å². The molecule has 0 amide bonds. The summed E-state index contributed by atoms with van der Waals surface area (Å²) in [5, 5.41) is 3.67. The van der Waals surface area contributed by atoms with Gasteiger partial charge in [-0.1, -0.05) is 36.4 Å². The molecule has 0 unspecified atom stereocenters. The van der Waals surface area contributed by atoms with Crippen LogP contribution in [0.3, 0.4) is 0 Å². The first-order valence-corrected chi connectivity index (χ1v) is 13.0. The molecule has 3 aliphatic rings. The van der Waals surface area contributed by atoms with Crippen LogP contribution in [0.4, 0.5) is 11.8 Å². The zero-order valence-electron chi connectivity index (χ0n) is 20.7. The maximum Gasteiger partial charge on any atom is 0.231 e. The van der Waals surface area contributed by atoms with Crippen LogP contribution in [-0.4, -0.2) is 71.9 Å². The van der Waals surface area contributed by atoms with Gasteiger partial charge in [-0.05, 0) is 42.2 Å². The number of aromatic nitrogens is 2. The fraction of sp³-hybridized carbons (Fsp3) is 0.429. The van der Waals surface area contributed by atoms with E-state index in [0.29, 0.717) is 12.8 Å². The van der Waals surface area contributed by atoms with E-state index in [1.807, 2.05) is 18.3 Å². The summed E-state index contributed by atoms with van der Waals surface area (Å²) in [5.74, 6) is 3.45. The summed E-state index contributed by atoms with van der Waals surface area (Å²) in [5.41, 5.74) is 2.64. The molecule has 6 rings (SSSR count). The Morgan fingerprint density at radius 2 is 1.53 bits per heavy atom. The van der Waals surface area contributed by atoms with Crippen LogP contribution in [0.25, 0.3) is 0 Å². The van der Waals surface area contributed by atoms with Gasteiger partial charge >= 0.3 is 0 Å². The Bertz CT molecular complexity index is 1140. The Morgan fingerprint density at radius 3 is 2.36 bits per heavy atom. The van der Waals surface area contributed by atoms with Crippen molar-refractivity contribution in [2.45, 2.75) is 32.0 Å². The molecule has 0 saturated carbocycles. The standard InChI is InChI=1S/C28H34N6O2/c1-2-4-22(5-3-1)19-32-12-9-24(10-13-32)30-27-8-11-29-28(31-27)34-16-14-33(15-17-34)20-23-6-7-25-26(18-23)36-21-35-25/h1-8,11,18,24H,9-10,12-17,19-21H2,(H,29,30,31). The summed E-state index contributed by atoms with van der Waals surface area (Å²) in [6.07, 6.45) is 4.14. The lowest BCUT2D eigenvalue weighted by molar-refractivity contribution is 0.174. The second kappa shape index (κ2) is 10.7. The van der Waals surface area contributed by atoms with E-state index >= 15 is 0 Å². The Morgan fingerprint density at radius 1 is 0.778 bits per heavy atom. The molecule has 0 aliphatic carbocycles. The zero-order valence-corrected chi connectivity index (χ0v) is 20.7. The summed E-state index contributed by atoms with van der Waals surface area (Å²) < 4.78 is 11.0. The van der Waals surface area contributed by atoms with Crippen LogP contribution in [0.2, 0.25) is 0 Å². The predicted octanol–water partition coefficient (Wildman–Crippen LogP) is 3.60. The minimum absolute atomic E-state index is 0.318. The van der Waals surface area contributed by atoms with Gasteiger partial charge in [0.05, 0.1) is 0 Å². The van der Waals surface area contributed by atoms with Gasteiger partial charge < -0.3 is 19.7 Å². The number of fused-ring (bicyclic) bond motifs is 1. The lowest BCUT2D eigenvalue weighted by atomic mass is 10.0. The summed E-state index contributed by atoms with van der Waals surface area (Å²) in [6.45, 7) is 8.29. The van der Waals surface area contributed by atoms with Crippen LogP contribution in [-0.2, 0) is 13.1 Å². The number of likely N-dealkylation sites (tertiary alicyclic amines) is 1. The maximum absolute atomic E-state index is 5.52. The molecule has 2 fully saturated rings. The highest BCUT2D eigenvalue weighted by molar-refractivity contribution is 5.45. The van der Waals surface area contributed by atoms with Gasteiger partial charge in [0.2, 0.25) is 12.7 Å². The average Bonchev–Trinajstić information content (AvgIpc) is 3.39. The topological polar surface area (TPSA) is 66.0 Å². The van der Waals surface area contributed by atoms with Gasteiger partial charge in [-0.2, -0.15) is 4.98 Å². The minimum Gasteiger partial charge on any atom is -0.454 e. The molecule has 2 aromatic carbocycles. The van der Waals surface area contributed by atoms with Crippen molar-refractivity contribution in [3.05, 3.63) is 71.9 Å².